The van der Waals surface area contributed by atoms with Crippen molar-refractivity contribution in [2.24, 2.45) is 11.8 Å². The van der Waals surface area contributed by atoms with Gasteiger partial charge in [-0.05, 0) is 62.5 Å². The second kappa shape index (κ2) is 7.10. The van der Waals surface area contributed by atoms with E-state index < -0.39 is 0 Å². The fraction of sp³-hybridized carbons (Fsp3) is 0.684. The second-order valence-electron chi connectivity index (χ2n) is 7.79. The lowest BCUT2D eigenvalue weighted by Gasteiger charge is -2.33. The Morgan fingerprint density at radius 1 is 1.08 bits per heavy atom. The molecule has 2 saturated carbocycles. The molecule has 0 unspecified atom stereocenters. The van der Waals surface area contributed by atoms with Gasteiger partial charge in [0.05, 0.1) is 6.26 Å². The van der Waals surface area contributed by atoms with Gasteiger partial charge in [0.15, 0.2) is 5.76 Å². The van der Waals surface area contributed by atoms with Crippen molar-refractivity contribution in [2.45, 2.75) is 44.6 Å². The lowest BCUT2D eigenvalue weighted by Crippen LogP contribution is -2.51. The molecule has 25 heavy (non-hydrogen) atoms. The minimum Gasteiger partial charge on any atom is -0.459 e. The first kappa shape index (κ1) is 16.5. The molecule has 6 nitrogen and oxygen atoms in total. The number of rotatable bonds is 6. The standard InChI is InChI=1S/C19H27N3O3/c23-18(17-2-1-11-25-17)21-9-7-16(8-10-21)20-19(24)22(12-14-3-4-14)13-15-5-6-15/h1-2,11,14-16H,3-10,12-13H2,(H,20,24). The van der Waals surface area contributed by atoms with Crippen LogP contribution in [0.5, 0.6) is 0 Å². The Balaban J connectivity index is 1.25. The lowest BCUT2D eigenvalue weighted by molar-refractivity contribution is 0.0674. The molecular weight excluding hydrogens is 318 g/mol. The average molecular weight is 345 g/mol. The Labute approximate surface area is 148 Å². The zero-order valence-corrected chi connectivity index (χ0v) is 14.7. The summed E-state index contributed by atoms with van der Waals surface area (Å²) in [7, 11) is 0. The van der Waals surface area contributed by atoms with E-state index in [1.807, 2.05) is 9.80 Å². The van der Waals surface area contributed by atoms with E-state index in [2.05, 4.69) is 5.32 Å². The Morgan fingerprint density at radius 2 is 1.72 bits per heavy atom. The van der Waals surface area contributed by atoms with E-state index in [1.165, 1.54) is 31.9 Å². The first-order valence-corrected chi connectivity index (χ1v) is 9.57. The Hall–Kier alpha value is -1.98. The van der Waals surface area contributed by atoms with Crippen LogP contribution in [0.15, 0.2) is 22.8 Å². The monoisotopic (exact) mass is 345 g/mol. The van der Waals surface area contributed by atoms with Crippen LogP contribution in [0.4, 0.5) is 4.79 Å². The summed E-state index contributed by atoms with van der Waals surface area (Å²) in [5.41, 5.74) is 0. The fourth-order valence-electron chi connectivity index (χ4n) is 3.51. The van der Waals surface area contributed by atoms with Crippen molar-refractivity contribution < 1.29 is 14.0 Å². The molecule has 4 rings (SSSR count). The molecule has 136 valence electrons. The second-order valence-corrected chi connectivity index (χ2v) is 7.79. The maximum Gasteiger partial charge on any atom is 0.317 e. The van der Waals surface area contributed by atoms with Gasteiger partial charge < -0.3 is 19.5 Å². The fourth-order valence-corrected chi connectivity index (χ4v) is 3.51. The summed E-state index contributed by atoms with van der Waals surface area (Å²) in [6.45, 7) is 3.15. The molecule has 1 aromatic heterocycles. The number of carbonyl (C=O) groups excluding carboxylic acids is 2. The minimum atomic E-state index is -0.0566. The summed E-state index contributed by atoms with van der Waals surface area (Å²) < 4.78 is 5.19. The van der Waals surface area contributed by atoms with Gasteiger partial charge in [-0.1, -0.05) is 0 Å². The van der Waals surface area contributed by atoms with E-state index in [0.717, 1.165) is 37.8 Å². The van der Waals surface area contributed by atoms with Crippen LogP contribution in [0, 0.1) is 11.8 Å². The maximum absolute atomic E-state index is 12.7. The number of carbonyl (C=O) groups is 2. The van der Waals surface area contributed by atoms with Gasteiger partial charge in [-0.15, -0.1) is 0 Å². The third-order valence-electron chi connectivity index (χ3n) is 5.48. The van der Waals surface area contributed by atoms with Gasteiger partial charge in [0.25, 0.3) is 5.91 Å². The van der Waals surface area contributed by atoms with Gasteiger partial charge in [0.2, 0.25) is 0 Å². The van der Waals surface area contributed by atoms with E-state index in [0.29, 0.717) is 18.8 Å². The molecule has 1 aliphatic heterocycles. The van der Waals surface area contributed by atoms with Crippen molar-refractivity contribution in [2.75, 3.05) is 26.2 Å². The Bertz CT molecular complexity index is 585. The molecular formula is C19H27N3O3. The number of nitrogens with one attached hydrogen (secondary N) is 1. The number of hydrogen-bond donors (Lipinski definition) is 1. The molecule has 1 saturated heterocycles. The molecule has 0 atom stereocenters. The van der Waals surface area contributed by atoms with Gasteiger partial charge in [-0.2, -0.15) is 0 Å². The average Bonchev–Trinajstić information content (AvgIpc) is 3.55. The SMILES string of the molecule is O=C(NC1CCN(C(=O)c2ccco2)CC1)N(CC1CC1)CC1CC1. The van der Waals surface area contributed by atoms with E-state index in [-0.39, 0.29) is 18.0 Å². The summed E-state index contributed by atoms with van der Waals surface area (Å²) >= 11 is 0. The normalized spacial score (nSPS) is 21.2. The Kier molecular flexibility index (Phi) is 4.68. The van der Waals surface area contributed by atoms with Gasteiger partial charge >= 0.3 is 6.03 Å². The number of piperidine rings is 1. The largest absolute Gasteiger partial charge is 0.459 e. The van der Waals surface area contributed by atoms with Crippen LogP contribution in [0.3, 0.4) is 0 Å². The van der Waals surface area contributed by atoms with Gasteiger partial charge in [0.1, 0.15) is 0 Å². The summed E-state index contributed by atoms with van der Waals surface area (Å²) in [6.07, 6.45) is 8.19. The summed E-state index contributed by atoms with van der Waals surface area (Å²) in [5, 5.41) is 3.21. The van der Waals surface area contributed by atoms with Crippen molar-refractivity contribution in [3.8, 4) is 0 Å². The smallest absolute Gasteiger partial charge is 0.317 e. The molecule has 2 heterocycles. The number of furan rings is 1. The number of likely N-dealkylation sites (tertiary alicyclic amines) is 1. The van der Waals surface area contributed by atoms with Crippen LogP contribution in [-0.2, 0) is 0 Å². The third kappa shape index (κ3) is 4.35. The van der Waals surface area contributed by atoms with E-state index >= 15 is 0 Å². The highest BCUT2D eigenvalue weighted by molar-refractivity contribution is 5.91. The van der Waals surface area contributed by atoms with E-state index in [9.17, 15) is 9.59 Å². The van der Waals surface area contributed by atoms with E-state index in [4.69, 9.17) is 4.42 Å². The van der Waals surface area contributed by atoms with Crippen LogP contribution in [-0.4, -0.2) is 54.0 Å². The molecule has 0 bridgehead atoms. The van der Waals surface area contributed by atoms with Gasteiger partial charge in [-0.3, -0.25) is 4.79 Å². The van der Waals surface area contributed by atoms with Crippen molar-refractivity contribution in [3.05, 3.63) is 24.2 Å². The zero-order valence-electron chi connectivity index (χ0n) is 14.7. The van der Waals surface area contributed by atoms with Crippen molar-refractivity contribution >= 4 is 11.9 Å². The van der Waals surface area contributed by atoms with Crippen molar-refractivity contribution in [3.63, 3.8) is 0 Å². The number of urea groups is 1. The first-order valence-electron chi connectivity index (χ1n) is 9.57. The molecule has 3 fully saturated rings. The van der Waals surface area contributed by atoms with E-state index in [1.54, 1.807) is 12.1 Å². The number of nitrogens with zero attached hydrogens (tertiary/aromatic N) is 2. The summed E-state index contributed by atoms with van der Waals surface area (Å²) in [5.74, 6) is 1.77. The predicted octanol–water partition coefficient (Wildman–Crippen LogP) is 2.72. The predicted molar refractivity (Wildman–Crippen MR) is 93.2 cm³/mol. The quantitative estimate of drug-likeness (QED) is 0.862. The highest BCUT2D eigenvalue weighted by atomic mass is 16.3. The third-order valence-corrected chi connectivity index (χ3v) is 5.48. The highest BCUT2D eigenvalue weighted by Gasteiger charge is 2.33. The van der Waals surface area contributed by atoms with Crippen LogP contribution in [0.25, 0.3) is 0 Å². The molecule has 2 aliphatic carbocycles. The lowest BCUT2D eigenvalue weighted by atomic mass is 10.0. The van der Waals surface area contributed by atoms with Crippen LogP contribution < -0.4 is 5.32 Å². The van der Waals surface area contributed by atoms with Gasteiger partial charge in [-0.25, -0.2) is 4.79 Å². The van der Waals surface area contributed by atoms with Crippen molar-refractivity contribution in [1.29, 1.82) is 0 Å². The molecule has 3 aliphatic rings. The zero-order chi connectivity index (χ0) is 17.2. The molecule has 0 radical (unpaired) electrons. The molecule has 1 aromatic rings. The van der Waals surface area contributed by atoms with Crippen LogP contribution >= 0.6 is 0 Å². The Morgan fingerprint density at radius 3 is 2.24 bits per heavy atom. The maximum atomic E-state index is 12.7. The topological polar surface area (TPSA) is 65.8 Å². The first-order chi connectivity index (χ1) is 12.2. The van der Waals surface area contributed by atoms with Crippen LogP contribution in [0.2, 0.25) is 0 Å². The summed E-state index contributed by atoms with van der Waals surface area (Å²) in [4.78, 5) is 28.8. The number of hydrogen-bond acceptors (Lipinski definition) is 3. The molecule has 3 amide bonds. The molecule has 1 N–H and O–H groups in total. The van der Waals surface area contributed by atoms with Crippen molar-refractivity contribution in [1.82, 2.24) is 15.1 Å². The summed E-state index contributed by atoms with van der Waals surface area (Å²) in [6, 6.07) is 3.68. The minimum absolute atomic E-state index is 0.0566. The van der Waals surface area contributed by atoms with Crippen LogP contribution in [0.1, 0.15) is 49.1 Å². The molecule has 0 spiro atoms. The molecule has 6 heteroatoms. The molecule has 0 aromatic carbocycles. The highest BCUT2D eigenvalue weighted by Crippen LogP contribution is 2.33. The van der Waals surface area contributed by atoms with Gasteiger partial charge in [0, 0.05) is 32.2 Å². The number of amides is 3.